The van der Waals surface area contributed by atoms with E-state index in [1.54, 1.807) is 0 Å². The highest BCUT2D eigenvalue weighted by Crippen LogP contribution is 2.19. The van der Waals surface area contributed by atoms with Crippen molar-refractivity contribution in [3.8, 4) is 0 Å². The Hall–Kier alpha value is -1.59. The highest BCUT2D eigenvalue weighted by Gasteiger charge is 2.19. The van der Waals surface area contributed by atoms with Crippen LogP contribution in [0.3, 0.4) is 0 Å². The molecule has 2 unspecified atom stereocenters. The summed E-state index contributed by atoms with van der Waals surface area (Å²) in [5.74, 6) is 0.870. The molecule has 0 saturated carbocycles. The molecule has 0 bridgehead atoms. The molecule has 0 aromatic heterocycles. The van der Waals surface area contributed by atoms with Gasteiger partial charge in [0.2, 0.25) is 0 Å². The average molecular weight is 877 g/mol. The number of ether oxygens (including phenoxy) is 3. The van der Waals surface area contributed by atoms with Crippen LogP contribution in [0.15, 0.2) is 0 Å². The summed E-state index contributed by atoms with van der Waals surface area (Å²) in [7, 11) is 0. The van der Waals surface area contributed by atoms with Crippen LogP contribution < -0.4 is 0 Å². The Kier molecular flexibility index (Phi) is 47.6. The topological polar surface area (TPSA) is 78.9 Å². The Morgan fingerprint density at radius 1 is 0.323 bits per heavy atom. The zero-order valence-corrected chi connectivity index (χ0v) is 42.5. The largest absolute Gasteiger partial charge is 0.462 e. The third kappa shape index (κ3) is 46.4. The van der Waals surface area contributed by atoms with Crippen molar-refractivity contribution in [3.63, 3.8) is 0 Å². The maximum absolute atomic E-state index is 12.8. The smallest absolute Gasteiger partial charge is 0.306 e. The summed E-state index contributed by atoms with van der Waals surface area (Å²) in [5, 5.41) is 0. The number of carbonyl (C=O) groups excluding carboxylic acids is 3. The van der Waals surface area contributed by atoms with Crippen molar-refractivity contribution in [1.29, 1.82) is 0 Å². The molecular weight excluding hydrogens is 769 g/mol. The number of hydrogen-bond donors (Lipinski definition) is 0. The van der Waals surface area contributed by atoms with Gasteiger partial charge in [0, 0.05) is 19.3 Å². The van der Waals surface area contributed by atoms with Crippen molar-refractivity contribution in [2.75, 3.05) is 13.2 Å². The number of esters is 3. The molecule has 0 heterocycles. The van der Waals surface area contributed by atoms with Gasteiger partial charge in [-0.05, 0) is 31.1 Å². The molecule has 6 nitrogen and oxygen atoms in total. The minimum atomic E-state index is -0.763. The highest BCUT2D eigenvalue weighted by molar-refractivity contribution is 5.71. The van der Waals surface area contributed by atoms with Gasteiger partial charge in [-0.1, -0.05) is 272 Å². The summed E-state index contributed by atoms with van der Waals surface area (Å²) < 4.78 is 16.9. The van der Waals surface area contributed by atoms with E-state index in [9.17, 15) is 14.4 Å². The second kappa shape index (κ2) is 48.9. The molecule has 0 radical (unpaired) electrons. The van der Waals surface area contributed by atoms with E-state index in [1.807, 2.05) is 0 Å². The van der Waals surface area contributed by atoms with Crippen molar-refractivity contribution in [2.24, 2.45) is 11.8 Å². The Bertz CT molecular complexity index is 951. The summed E-state index contributed by atoms with van der Waals surface area (Å²) in [6.45, 7) is 11.4. The predicted octanol–water partition coefficient (Wildman–Crippen LogP) is 18.1. The zero-order valence-electron chi connectivity index (χ0n) is 42.5. The van der Waals surface area contributed by atoms with E-state index in [0.717, 1.165) is 69.6 Å². The van der Waals surface area contributed by atoms with Crippen molar-refractivity contribution < 1.29 is 28.6 Å². The molecule has 368 valence electrons. The van der Waals surface area contributed by atoms with Crippen molar-refractivity contribution in [2.45, 2.75) is 317 Å². The van der Waals surface area contributed by atoms with Crippen LogP contribution in [0.25, 0.3) is 0 Å². The lowest BCUT2D eigenvalue weighted by Gasteiger charge is -2.18. The average Bonchev–Trinajstić information content (AvgIpc) is 3.27. The van der Waals surface area contributed by atoms with Crippen LogP contribution in [-0.4, -0.2) is 37.2 Å². The number of hydrogen-bond acceptors (Lipinski definition) is 6. The summed E-state index contributed by atoms with van der Waals surface area (Å²) in [6, 6.07) is 0. The van der Waals surface area contributed by atoms with Gasteiger partial charge < -0.3 is 14.2 Å². The van der Waals surface area contributed by atoms with E-state index in [1.165, 1.54) is 199 Å². The van der Waals surface area contributed by atoms with Gasteiger partial charge in [0.05, 0.1) is 0 Å². The third-order valence-corrected chi connectivity index (χ3v) is 13.4. The van der Waals surface area contributed by atoms with E-state index < -0.39 is 6.10 Å². The molecule has 0 spiro atoms. The highest BCUT2D eigenvalue weighted by atomic mass is 16.6. The third-order valence-electron chi connectivity index (χ3n) is 13.4. The molecule has 0 amide bonds. The molecule has 0 N–H and O–H groups in total. The Morgan fingerprint density at radius 2 is 0.565 bits per heavy atom. The van der Waals surface area contributed by atoms with Gasteiger partial charge in [0.15, 0.2) is 6.10 Å². The Morgan fingerprint density at radius 3 is 0.839 bits per heavy atom. The van der Waals surface area contributed by atoms with Crippen LogP contribution in [0.1, 0.15) is 311 Å². The van der Waals surface area contributed by atoms with E-state index >= 15 is 0 Å². The molecule has 62 heavy (non-hydrogen) atoms. The SMILES string of the molecule is CCCCCCCCCCCCCCCCCCCCC(=O)OC[C@@H](COC(=O)CCCCCCCCCCC(C)CC)OC(=O)CCCCCCCCCCCCC(C)CC. The fraction of sp³-hybridized carbons (Fsp3) is 0.946. The first-order chi connectivity index (χ1) is 30.3. The van der Waals surface area contributed by atoms with E-state index in [2.05, 4.69) is 34.6 Å². The van der Waals surface area contributed by atoms with Gasteiger partial charge in [0.1, 0.15) is 13.2 Å². The lowest BCUT2D eigenvalue weighted by molar-refractivity contribution is -0.167. The van der Waals surface area contributed by atoms with Crippen LogP contribution in [0.4, 0.5) is 0 Å². The van der Waals surface area contributed by atoms with Crippen molar-refractivity contribution in [3.05, 3.63) is 0 Å². The zero-order chi connectivity index (χ0) is 45.4. The number of carbonyl (C=O) groups is 3. The Balaban J connectivity index is 4.29. The minimum Gasteiger partial charge on any atom is -0.462 e. The fourth-order valence-corrected chi connectivity index (χ4v) is 8.46. The molecule has 0 aromatic carbocycles. The normalized spacial score (nSPS) is 12.9. The predicted molar refractivity (Wildman–Crippen MR) is 266 cm³/mol. The molecule has 0 saturated heterocycles. The first-order valence-corrected chi connectivity index (χ1v) is 27.8. The summed E-state index contributed by atoms with van der Waals surface area (Å²) in [6.07, 6.45) is 50.8. The number of unbranched alkanes of at least 4 members (excludes halogenated alkanes) is 33. The van der Waals surface area contributed by atoms with E-state index in [4.69, 9.17) is 14.2 Å². The molecule has 3 atom stereocenters. The molecule has 0 aromatic rings. The van der Waals surface area contributed by atoms with Crippen molar-refractivity contribution in [1.82, 2.24) is 0 Å². The van der Waals surface area contributed by atoms with Crippen LogP contribution in [0.5, 0.6) is 0 Å². The van der Waals surface area contributed by atoms with Crippen LogP contribution in [-0.2, 0) is 28.6 Å². The van der Waals surface area contributed by atoms with E-state index in [-0.39, 0.29) is 31.1 Å². The Labute approximate surface area is 387 Å². The quantitative estimate of drug-likeness (QED) is 0.0344. The first-order valence-electron chi connectivity index (χ1n) is 27.8. The fourth-order valence-electron chi connectivity index (χ4n) is 8.46. The van der Waals surface area contributed by atoms with Gasteiger partial charge in [-0.25, -0.2) is 0 Å². The lowest BCUT2D eigenvalue weighted by atomic mass is 9.99. The molecule has 6 heteroatoms. The van der Waals surface area contributed by atoms with Gasteiger partial charge in [-0.3, -0.25) is 14.4 Å². The first kappa shape index (κ1) is 60.4. The van der Waals surface area contributed by atoms with Crippen LogP contribution in [0.2, 0.25) is 0 Å². The maximum atomic E-state index is 12.8. The standard InChI is InChI=1S/C56H108O6/c1-6-9-10-11-12-13-14-15-16-17-18-19-20-21-25-31-36-41-46-54(57)60-49-53(50-61-55(58)47-42-37-32-28-27-30-35-40-45-52(5)8-3)62-56(59)48-43-38-33-26-23-22-24-29-34-39-44-51(4)7-2/h51-53H,6-50H2,1-5H3/t51?,52?,53-/m0/s1. The van der Waals surface area contributed by atoms with Crippen molar-refractivity contribution >= 4 is 17.9 Å². The molecule has 0 aliphatic carbocycles. The summed E-state index contributed by atoms with van der Waals surface area (Å²) in [4.78, 5) is 38.0. The second-order valence-electron chi connectivity index (χ2n) is 19.7. The van der Waals surface area contributed by atoms with Gasteiger partial charge in [-0.15, -0.1) is 0 Å². The van der Waals surface area contributed by atoms with Gasteiger partial charge in [0.25, 0.3) is 0 Å². The molecule has 0 aliphatic rings. The maximum Gasteiger partial charge on any atom is 0.306 e. The van der Waals surface area contributed by atoms with Gasteiger partial charge in [-0.2, -0.15) is 0 Å². The summed E-state index contributed by atoms with van der Waals surface area (Å²) >= 11 is 0. The van der Waals surface area contributed by atoms with E-state index in [0.29, 0.717) is 19.3 Å². The number of rotatable bonds is 50. The molecular formula is C56H108O6. The molecule has 0 aliphatic heterocycles. The van der Waals surface area contributed by atoms with Gasteiger partial charge >= 0.3 is 17.9 Å². The monoisotopic (exact) mass is 877 g/mol. The second-order valence-corrected chi connectivity index (χ2v) is 19.7. The van der Waals surface area contributed by atoms with Crippen LogP contribution >= 0.6 is 0 Å². The summed E-state index contributed by atoms with van der Waals surface area (Å²) in [5.41, 5.74) is 0. The molecule has 0 fully saturated rings. The van der Waals surface area contributed by atoms with Crippen LogP contribution in [0, 0.1) is 11.8 Å². The minimum absolute atomic E-state index is 0.0636. The lowest BCUT2D eigenvalue weighted by Crippen LogP contribution is -2.30. The molecule has 0 rings (SSSR count).